The first-order valence-electron chi connectivity index (χ1n) is 24.4. The van der Waals surface area contributed by atoms with Gasteiger partial charge in [0.2, 0.25) is 0 Å². The van der Waals surface area contributed by atoms with Crippen LogP contribution in [0.1, 0.15) is 130 Å². The average molecular weight is 1000 g/mol. The Balaban J connectivity index is 0.000000157. The molecule has 4 bridgehead atoms. The lowest BCUT2D eigenvalue weighted by Gasteiger charge is -2.51. The molecule has 8 aromatic rings. The number of aromatic amines is 2. The Morgan fingerprint density at radius 2 is 1.03 bits per heavy atom. The summed E-state index contributed by atoms with van der Waals surface area (Å²) in [7, 11) is 0. The molecule has 23 heteroatoms. The Labute approximate surface area is 412 Å². The van der Waals surface area contributed by atoms with E-state index in [1.54, 1.807) is 36.4 Å². The van der Waals surface area contributed by atoms with Crippen LogP contribution in [-0.2, 0) is 13.1 Å². The van der Waals surface area contributed by atoms with Crippen LogP contribution in [-0.4, -0.2) is 81.4 Å². The maximum atomic E-state index is 14.4. The van der Waals surface area contributed by atoms with Crippen molar-refractivity contribution >= 4 is 57.1 Å². The van der Waals surface area contributed by atoms with Gasteiger partial charge in [-0.15, -0.1) is 0 Å². The fraction of sp³-hybridized carbons (Fsp3) is 0.400. The maximum Gasteiger partial charge on any atom is 0.417 e. The van der Waals surface area contributed by atoms with Crippen molar-refractivity contribution in [2.24, 2.45) is 22.5 Å². The molecule has 2 aromatic carbocycles. The fourth-order valence-corrected chi connectivity index (χ4v) is 11.1. The number of nitrogens with zero attached hydrogens (tertiary/aromatic N) is 6. The lowest BCUT2D eigenvalue weighted by atomic mass is 9.57. The molecule has 0 aliphatic heterocycles. The minimum Gasteiger partial charge on any atom is -0.408 e. The normalized spacial score (nSPS) is 22.1. The van der Waals surface area contributed by atoms with Crippen LogP contribution in [0.25, 0.3) is 33.5 Å². The van der Waals surface area contributed by atoms with Gasteiger partial charge < -0.3 is 35.8 Å². The maximum absolute atomic E-state index is 14.4. The van der Waals surface area contributed by atoms with Crippen molar-refractivity contribution in [2.75, 3.05) is 13.1 Å². The number of oxazole rings is 2. The number of nitrogens with one attached hydrogen (secondary N) is 6. The molecule has 73 heavy (non-hydrogen) atoms. The molecule has 6 heterocycles. The molecule has 6 aliphatic rings. The van der Waals surface area contributed by atoms with Gasteiger partial charge in [0.1, 0.15) is 22.8 Å². The SMILES string of the molecule is NC12CCC(CNC(=O)c3cc(C(=O)NCc4ccc5oc(=O)[nH]c5c4)nc4c(F)cnn34)(CC1)CC2.O=C(NCc1ccc2oc(=O)[nH]c2c1)c1cc(C(=O)NCC23CCC(CC2)CC3)n2ncc(F)c2n1. The van der Waals surface area contributed by atoms with Gasteiger partial charge in [-0.1, -0.05) is 12.1 Å². The van der Waals surface area contributed by atoms with Crippen molar-refractivity contribution in [1.82, 2.24) is 60.4 Å². The summed E-state index contributed by atoms with van der Waals surface area (Å²) in [5.41, 5.74) is 9.16. The van der Waals surface area contributed by atoms with Crippen LogP contribution in [0.15, 0.2) is 79.3 Å². The van der Waals surface area contributed by atoms with Crippen molar-refractivity contribution in [2.45, 2.75) is 95.7 Å². The molecule has 0 spiro atoms. The summed E-state index contributed by atoms with van der Waals surface area (Å²) in [5.74, 6) is -3.81. The second-order valence-electron chi connectivity index (χ2n) is 20.3. The zero-order chi connectivity index (χ0) is 50.6. The first kappa shape index (κ1) is 47.3. The highest BCUT2D eigenvalue weighted by atomic mass is 19.1. The molecule has 6 aromatic heterocycles. The lowest BCUT2D eigenvalue weighted by molar-refractivity contribution is 0.0429. The number of rotatable bonds is 12. The molecular formula is C50H51F2N13O8. The summed E-state index contributed by atoms with van der Waals surface area (Å²) in [4.78, 5) is 88.3. The minimum absolute atomic E-state index is 0.0128. The van der Waals surface area contributed by atoms with E-state index in [1.165, 1.54) is 31.4 Å². The van der Waals surface area contributed by atoms with E-state index in [2.05, 4.69) is 51.4 Å². The van der Waals surface area contributed by atoms with Crippen LogP contribution in [0.4, 0.5) is 8.78 Å². The number of halogens is 2. The number of nitrogens with two attached hydrogens (primary N) is 1. The highest BCUT2D eigenvalue weighted by Gasteiger charge is 2.47. The number of H-pyrrole nitrogens is 2. The zero-order valence-electron chi connectivity index (χ0n) is 39.4. The van der Waals surface area contributed by atoms with Gasteiger partial charge in [0, 0.05) is 43.9 Å². The van der Waals surface area contributed by atoms with Crippen molar-refractivity contribution in [3.05, 3.63) is 128 Å². The number of benzene rings is 2. The molecule has 6 aliphatic carbocycles. The van der Waals surface area contributed by atoms with Crippen molar-refractivity contribution in [3.63, 3.8) is 0 Å². The summed E-state index contributed by atoms with van der Waals surface area (Å²) in [6.45, 7) is 1.27. The van der Waals surface area contributed by atoms with E-state index in [9.17, 15) is 37.5 Å². The summed E-state index contributed by atoms with van der Waals surface area (Å²) in [5, 5.41) is 19.3. The largest absolute Gasteiger partial charge is 0.417 e. The van der Waals surface area contributed by atoms with Crippen LogP contribution >= 0.6 is 0 Å². The van der Waals surface area contributed by atoms with Gasteiger partial charge in [-0.2, -0.15) is 10.2 Å². The van der Waals surface area contributed by atoms with E-state index in [4.69, 9.17) is 14.6 Å². The number of aromatic nitrogens is 8. The predicted molar refractivity (Wildman–Crippen MR) is 257 cm³/mol. The minimum atomic E-state index is -0.740. The Morgan fingerprint density at radius 1 is 0.603 bits per heavy atom. The lowest BCUT2D eigenvalue weighted by Crippen LogP contribution is -2.54. The van der Waals surface area contributed by atoms with Crippen LogP contribution < -0.4 is 38.5 Å². The smallest absolute Gasteiger partial charge is 0.408 e. The van der Waals surface area contributed by atoms with Crippen LogP contribution in [0.5, 0.6) is 0 Å². The molecule has 6 saturated carbocycles. The van der Waals surface area contributed by atoms with Crippen LogP contribution in [0.3, 0.4) is 0 Å². The molecule has 8 N–H and O–H groups in total. The highest BCUT2D eigenvalue weighted by molar-refractivity contribution is 5.99. The Bertz CT molecular complexity index is 3580. The Morgan fingerprint density at radius 3 is 1.47 bits per heavy atom. The molecule has 378 valence electrons. The standard InChI is InChI=1S/C25H26FN7O4.C25H25FN6O4/c26-15-12-30-33-18(22(35)29-13-24-3-6-25(27,7-4-24)8-5-24)10-17(31-20(15)33)21(34)28-11-14-1-2-19-16(9-14)32-23(36)37-19;26-16-12-29-32-19(23(34)28-13-25-6-3-14(4-7-25)5-8-25)10-18(30-21(16)32)22(33)27-11-15-1-2-20-17(9-15)31-24(35)36-20/h1-2,9-10,12H,3-8,11,13,27H2,(H,28,34)(H,29,35)(H,32,36);1-2,9-10,12,14H,3-8,11,13H2,(H,27,33)(H,28,34)(H,31,35). The monoisotopic (exact) mass is 999 g/mol. The molecule has 4 amide bonds. The first-order chi connectivity index (χ1) is 35.1. The summed E-state index contributed by atoms with van der Waals surface area (Å²) >= 11 is 0. The predicted octanol–water partition coefficient (Wildman–Crippen LogP) is 4.95. The van der Waals surface area contributed by atoms with E-state index >= 15 is 0 Å². The molecule has 0 saturated heterocycles. The zero-order valence-corrected chi connectivity index (χ0v) is 39.4. The topological polar surface area (TPSA) is 295 Å². The van der Waals surface area contributed by atoms with E-state index in [0.29, 0.717) is 46.4 Å². The molecular weight excluding hydrogens is 949 g/mol. The third-order valence-corrected chi connectivity index (χ3v) is 15.6. The van der Waals surface area contributed by atoms with E-state index in [1.807, 2.05) is 0 Å². The van der Waals surface area contributed by atoms with Gasteiger partial charge in [0.05, 0.1) is 23.4 Å². The molecule has 6 fully saturated rings. The van der Waals surface area contributed by atoms with Crippen molar-refractivity contribution in [1.29, 1.82) is 0 Å². The quantitative estimate of drug-likeness (QED) is 0.0854. The second kappa shape index (κ2) is 18.5. The fourth-order valence-electron chi connectivity index (χ4n) is 11.1. The van der Waals surface area contributed by atoms with Gasteiger partial charge in [-0.05, 0) is 129 Å². The van der Waals surface area contributed by atoms with Gasteiger partial charge in [0.15, 0.2) is 34.1 Å². The third kappa shape index (κ3) is 9.46. The molecule has 14 rings (SSSR count). The summed E-state index contributed by atoms with van der Waals surface area (Å²) < 4.78 is 41.0. The Hall–Kier alpha value is -8.08. The first-order valence-corrected chi connectivity index (χ1v) is 24.4. The second-order valence-corrected chi connectivity index (χ2v) is 20.3. The molecule has 0 radical (unpaired) electrons. The number of carbonyl (C=O) groups is 4. The van der Waals surface area contributed by atoms with Gasteiger partial charge in [-0.25, -0.2) is 37.4 Å². The highest BCUT2D eigenvalue weighted by Crippen LogP contribution is 2.51. The van der Waals surface area contributed by atoms with Crippen LogP contribution in [0, 0.1) is 28.4 Å². The number of hydrogen-bond donors (Lipinski definition) is 7. The summed E-state index contributed by atoms with van der Waals surface area (Å²) in [6.07, 6.45) is 14.6. The van der Waals surface area contributed by atoms with Gasteiger partial charge in [0.25, 0.3) is 23.6 Å². The van der Waals surface area contributed by atoms with E-state index in [-0.39, 0.29) is 63.5 Å². The van der Waals surface area contributed by atoms with Gasteiger partial charge >= 0.3 is 11.5 Å². The number of amides is 4. The van der Waals surface area contributed by atoms with Crippen LogP contribution in [0.2, 0.25) is 0 Å². The molecule has 21 nitrogen and oxygen atoms in total. The number of hydrogen-bond acceptors (Lipinski definition) is 13. The Kier molecular flexibility index (Phi) is 12.0. The van der Waals surface area contributed by atoms with Gasteiger partial charge in [-0.3, -0.25) is 29.1 Å². The van der Waals surface area contributed by atoms with E-state index in [0.717, 1.165) is 85.1 Å². The number of fused-ring (bicyclic) bond motifs is 10. The molecule has 0 unspecified atom stereocenters. The summed E-state index contributed by atoms with van der Waals surface area (Å²) in [6, 6.07) is 12.7. The third-order valence-electron chi connectivity index (χ3n) is 15.6. The molecule has 0 atom stereocenters. The van der Waals surface area contributed by atoms with Crippen molar-refractivity contribution in [3.8, 4) is 0 Å². The number of carbonyl (C=O) groups excluding carboxylic acids is 4. The van der Waals surface area contributed by atoms with E-state index < -0.39 is 46.8 Å². The average Bonchev–Trinajstić information content (AvgIpc) is 4.19. The van der Waals surface area contributed by atoms with Crippen molar-refractivity contribution < 1.29 is 36.8 Å².